The summed E-state index contributed by atoms with van der Waals surface area (Å²) in [4.78, 5) is 19.1. The minimum atomic E-state index is -0.225. The number of piperidine rings is 1. The Morgan fingerprint density at radius 2 is 2.30 bits per heavy atom. The molecule has 4 nitrogen and oxygen atoms in total. The number of rotatable bonds is 4. The first kappa shape index (κ1) is 15.0. The van der Waals surface area contributed by atoms with Crippen molar-refractivity contribution in [3.63, 3.8) is 0 Å². The normalized spacial score (nSPS) is 22.6. The molecule has 1 saturated heterocycles. The highest BCUT2D eigenvalue weighted by Crippen LogP contribution is 2.32. The van der Waals surface area contributed by atoms with Crippen LogP contribution in [-0.4, -0.2) is 35.9 Å². The molecule has 2 rings (SSSR count). The second-order valence-electron chi connectivity index (χ2n) is 5.85. The summed E-state index contributed by atoms with van der Waals surface area (Å²) in [6.07, 6.45) is 2.96. The highest BCUT2D eigenvalue weighted by molar-refractivity contribution is 5.82. The van der Waals surface area contributed by atoms with E-state index in [1.807, 2.05) is 37.1 Å². The quantitative estimate of drug-likeness (QED) is 0.915. The first-order valence-electron chi connectivity index (χ1n) is 7.46. The van der Waals surface area contributed by atoms with Crippen molar-refractivity contribution in [1.29, 1.82) is 0 Å². The molecule has 1 aromatic heterocycles. The van der Waals surface area contributed by atoms with E-state index in [2.05, 4.69) is 17.2 Å². The molecule has 2 heterocycles. The first-order chi connectivity index (χ1) is 9.57. The van der Waals surface area contributed by atoms with E-state index in [-0.39, 0.29) is 11.3 Å². The number of hydrogen-bond acceptors (Lipinski definition) is 3. The van der Waals surface area contributed by atoms with Gasteiger partial charge in [-0.2, -0.15) is 0 Å². The Kier molecular flexibility index (Phi) is 4.76. The first-order valence-corrected chi connectivity index (χ1v) is 7.46. The van der Waals surface area contributed by atoms with Gasteiger partial charge in [-0.25, -0.2) is 0 Å². The van der Waals surface area contributed by atoms with Gasteiger partial charge in [-0.05, 0) is 44.9 Å². The van der Waals surface area contributed by atoms with Gasteiger partial charge in [0.05, 0.1) is 17.7 Å². The molecule has 110 valence electrons. The number of pyridine rings is 1. The Morgan fingerprint density at radius 3 is 2.90 bits per heavy atom. The lowest BCUT2D eigenvalue weighted by atomic mass is 9.77. The van der Waals surface area contributed by atoms with Crippen LogP contribution in [0.3, 0.4) is 0 Å². The Bertz CT molecular complexity index is 467. The van der Waals surface area contributed by atoms with Crippen LogP contribution in [0.5, 0.6) is 0 Å². The summed E-state index contributed by atoms with van der Waals surface area (Å²) in [5.74, 6) is 0.246. The molecule has 20 heavy (non-hydrogen) atoms. The van der Waals surface area contributed by atoms with Gasteiger partial charge in [-0.1, -0.05) is 13.0 Å². The molecule has 1 aliphatic rings. The minimum Gasteiger partial charge on any atom is -0.339 e. The van der Waals surface area contributed by atoms with E-state index in [1.165, 1.54) is 0 Å². The molecule has 0 bridgehead atoms. The van der Waals surface area contributed by atoms with Crippen LogP contribution in [0.4, 0.5) is 0 Å². The molecule has 0 aliphatic carbocycles. The average molecular weight is 275 g/mol. The van der Waals surface area contributed by atoms with E-state index in [4.69, 9.17) is 0 Å². The van der Waals surface area contributed by atoms with E-state index in [0.717, 1.165) is 43.7 Å². The van der Waals surface area contributed by atoms with Gasteiger partial charge in [0.1, 0.15) is 0 Å². The molecule has 1 aliphatic heterocycles. The molecule has 1 N–H and O–H groups in total. The van der Waals surface area contributed by atoms with Gasteiger partial charge >= 0.3 is 0 Å². The number of carbonyl (C=O) groups excluding carboxylic acids is 1. The molecule has 1 fully saturated rings. The summed E-state index contributed by atoms with van der Waals surface area (Å²) >= 11 is 0. The molecule has 1 aromatic rings. The predicted molar refractivity (Wildman–Crippen MR) is 80.3 cm³/mol. The molecule has 0 radical (unpaired) electrons. The predicted octanol–water partition coefficient (Wildman–Crippen LogP) is 2.13. The fraction of sp³-hybridized carbons (Fsp3) is 0.625. The fourth-order valence-electron chi connectivity index (χ4n) is 3.01. The van der Waals surface area contributed by atoms with Crippen molar-refractivity contribution < 1.29 is 4.79 Å². The van der Waals surface area contributed by atoms with Gasteiger partial charge in [0, 0.05) is 19.3 Å². The standard InChI is InChI=1S/C16H25N3O/c1-4-16(9-6-10-17-12-16)15(20)19(3)11-14-8-5-7-13(2)18-14/h5,7-8,17H,4,6,9-12H2,1-3H3. The van der Waals surface area contributed by atoms with E-state index in [0.29, 0.717) is 6.54 Å². The molecule has 0 aromatic carbocycles. The maximum atomic E-state index is 12.8. The van der Waals surface area contributed by atoms with Gasteiger partial charge in [0.25, 0.3) is 0 Å². The largest absolute Gasteiger partial charge is 0.339 e. The summed E-state index contributed by atoms with van der Waals surface area (Å²) in [5.41, 5.74) is 1.72. The van der Waals surface area contributed by atoms with E-state index < -0.39 is 0 Å². The molecular weight excluding hydrogens is 250 g/mol. The monoisotopic (exact) mass is 275 g/mol. The number of hydrogen-bond donors (Lipinski definition) is 1. The smallest absolute Gasteiger partial charge is 0.230 e. The van der Waals surface area contributed by atoms with Gasteiger partial charge in [-0.15, -0.1) is 0 Å². The summed E-state index contributed by atoms with van der Waals surface area (Å²) in [6, 6.07) is 5.95. The third-order valence-electron chi connectivity index (χ3n) is 4.29. The maximum Gasteiger partial charge on any atom is 0.230 e. The maximum absolute atomic E-state index is 12.8. The molecule has 4 heteroatoms. The third-order valence-corrected chi connectivity index (χ3v) is 4.29. The second-order valence-corrected chi connectivity index (χ2v) is 5.85. The van der Waals surface area contributed by atoms with Gasteiger partial charge in [-0.3, -0.25) is 9.78 Å². The van der Waals surface area contributed by atoms with Crippen molar-refractivity contribution in [3.05, 3.63) is 29.6 Å². The summed E-state index contributed by atoms with van der Waals surface area (Å²) in [5, 5.41) is 3.37. The van der Waals surface area contributed by atoms with E-state index in [9.17, 15) is 4.79 Å². The van der Waals surface area contributed by atoms with Gasteiger partial charge in [0.15, 0.2) is 0 Å². The zero-order valence-corrected chi connectivity index (χ0v) is 12.8. The topological polar surface area (TPSA) is 45.2 Å². The fourth-order valence-corrected chi connectivity index (χ4v) is 3.01. The summed E-state index contributed by atoms with van der Waals surface area (Å²) in [7, 11) is 1.89. The Morgan fingerprint density at radius 1 is 1.50 bits per heavy atom. The number of carbonyl (C=O) groups is 1. The van der Waals surface area contributed by atoms with Crippen molar-refractivity contribution in [1.82, 2.24) is 15.2 Å². The number of nitrogens with zero attached hydrogens (tertiary/aromatic N) is 2. The number of aryl methyl sites for hydroxylation is 1. The van der Waals surface area contributed by atoms with Crippen LogP contribution in [0.15, 0.2) is 18.2 Å². The van der Waals surface area contributed by atoms with Crippen molar-refractivity contribution >= 4 is 5.91 Å². The summed E-state index contributed by atoms with van der Waals surface area (Å²) in [6.45, 7) is 6.50. The Labute approximate surface area is 121 Å². The Balaban J connectivity index is 2.07. The van der Waals surface area contributed by atoms with Crippen LogP contribution in [0, 0.1) is 12.3 Å². The second kappa shape index (κ2) is 6.35. The lowest BCUT2D eigenvalue weighted by Gasteiger charge is -2.38. The lowest BCUT2D eigenvalue weighted by Crippen LogP contribution is -2.50. The van der Waals surface area contributed by atoms with Crippen LogP contribution in [0.2, 0.25) is 0 Å². The molecular formula is C16H25N3O. The number of nitrogens with one attached hydrogen (secondary N) is 1. The third kappa shape index (κ3) is 3.18. The summed E-state index contributed by atoms with van der Waals surface area (Å²) < 4.78 is 0. The van der Waals surface area contributed by atoms with Crippen molar-refractivity contribution in [2.24, 2.45) is 5.41 Å². The number of aromatic nitrogens is 1. The molecule has 1 atom stereocenters. The van der Waals surface area contributed by atoms with Crippen LogP contribution < -0.4 is 5.32 Å². The average Bonchev–Trinajstić information content (AvgIpc) is 2.47. The van der Waals surface area contributed by atoms with Gasteiger partial charge in [0.2, 0.25) is 5.91 Å². The van der Waals surface area contributed by atoms with E-state index >= 15 is 0 Å². The van der Waals surface area contributed by atoms with Crippen LogP contribution in [-0.2, 0) is 11.3 Å². The Hall–Kier alpha value is -1.42. The van der Waals surface area contributed by atoms with Crippen LogP contribution in [0.25, 0.3) is 0 Å². The zero-order chi connectivity index (χ0) is 14.6. The van der Waals surface area contributed by atoms with Crippen molar-refractivity contribution in [3.8, 4) is 0 Å². The van der Waals surface area contributed by atoms with Crippen LogP contribution >= 0.6 is 0 Å². The number of amides is 1. The van der Waals surface area contributed by atoms with Crippen molar-refractivity contribution in [2.75, 3.05) is 20.1 Å². The minimum absolute atomic E-state index is 0.225. The molecule has 0 spiro atoms. The van der Waals surface area contributed by atoms with Gasteiger partial charge < -0.3 is 10.2 Å². The van der Waals surface area contributed by atoms with Crippen LogP contribution in [0.1, 0.15) is 37.6 Å². The lowest BCUT2D eigenvalue weighted by molar-refractivity contribution is -0.142. The SMILES string of the molecule is CCC1(C(=O)N(C)Cc2cccc(C)n2)CCCNC1. The highest BCUT2D eigenvalue weighted by atomic mass is 16.2. The van der Waals surface area contributed by atoms with E-state index in [1.54, 1.807) is 0 Å². The molecule has 1 amide bonds. The molecule has 0 saturated carbocycles. The van der Waals surface area contributed by atoms with Crippen molar-refractivity contribution in [2.45, 2.75) is 39.7 Å². The molecule has 1 unspecified atom stereocenters. The zero-order valence-electron chi connectivity index (χ0n) is 12.8. The highest BCUT2D eigenvalue weighted by Gasteiger charge is 2.39.